The van der Waals surface area contributed by atoms with Crippen LogP contribution < -0.4 is 4.74 Å². The molecule has 0 spiro atoms. The molecule has 1 aromatic heterocycles. The monoisotopic (exact) mass is 321 g/mol. The summed E-state index contributed by atoms with van der Waals surface area (Å²) in [5, 5.41) is 10.3. The predicted octanol–water partition coefficient (Wildman–Crippen LogP) is 4.14. The van der Waals surface area contributed by atoms with Gasteiger partial charge >= 0.3 is 5.97 Å². The molecule has 0 unspecified atom stereocenters. The normalized spacial score (nSPS) is 10.6. The molecule has 128 valence electrons. The van der Waals surface area contributed by atoms with Crippen LogP contribution in [0.2, 0.25) is 0 Å². The van der Waals surface area contributed by atoms with E-state index in [1.54, 1.807) is 24.9 Å². The first-order valence-corrected chi connectivity index (χ1v) is 7.93. The van der Waals surface area contributed by atoms with Crippen LogP contribution in [0.5, 0.6) is 5.75 Å². The second-order valence-electron chi connectivity index (χ2n) is 5.25. The van der Waals surface area contributed by atoms with Crippen molar-refractivity contribution in [3.8, 4) is 5.75 Å². The van der Waals surface area contributed by atoms with Crippen molar-refractivity contribution in [1.29, 1.82) is 0 Å². The summed E-state index contributed by atoms with van der Waals surface area (Å²) < 4.78 is 12.3. The highest BCUT2D eigenvalue weighted by Gasteiger charge is 2.20. The minimum absolute atomic E-state index is 0.258. The minimum Gasteiger partial charge on any atom is -0.496 e. The summed E-state index contributed by atoms with van der Waals surface area (Å²) in [4.78, 5) is 11.5. The second-order valence-corrected chi connectivity index (χ2v) is 5.25. The quantitative estimate of drug-likeness (QED) is 0.868. The molecule has 0 amide bonds. The highest BCUT2D eigenvalue weighted by molar-refractivity contribution is 5.98. The molecule has 1 heterocycles. The van der Waals surface area contributed by atoms with Crippen LogP contribution in [0.15, 0.2) is 18.2 Å². The van der Waals surface area contributed by atoms with E-state index in [1.807, 2.05) is 26.0 Å². The lowest BCUT2D eigenvalue weighted by Gasteiger charge is -2.14. The number of hydrogen-bond donors (Lipinski definition) is 1. The maximum absolute atomic E-state index is 11.5. The molecule has 0 aliphatic rings. The Balaban J connectivity index is 0.00000127. The molecule has 0 aliphatic carbocycles. The molecule has 0 saturated heterocycles. The zero-order valence-corrected chi connectivity index (χ0v) is 14.8. The third kappa shape index (κ3) is 3.85. The van der Waals surface area contributed by atoms with E-state index in [4.69, 9.17) is 9.47 Å². The zero-order valence-electron chi connectivity index (χ0n) is 14.8. The van der Waals surface area contributed by atoms with E-state index < -0.39 is 5.97 Å². The maximum Gasteiger partial charge on any atom is 0.352 e. The summed E-state index contributed by atoms with van der Waals surface area (Å²) in [7, 11) is 3.20. The second kappa shape index (κ2) is 8.58. The van der Waals surface area contributed by atoms with Crippen LogP contribution in [-0.2, 0) is 11.3 Å². The lowest BCUT2D eigenvalue weighted by atomic mass is 10.00. The first kappa shape index (κ1) is 19.0. The van der Waals surface area contributed by atoms with Gasteiger partial charge in [0.15, 0.2) is 0 Å². The lowest BCUT2D eigenvalue weighted by molar-refractivity contribution is 0.0683. The first-order chi connectivity index (χ1) is 11.0. The van der Waals surface area contributed by atoms with Crippen LogP contribution in [0, 0.1) is 0 Å². The van der Waals surface area contributed by atoms with Gasteiger partial charge in [0.05, 0.1) is 19.2 Å². The Morgan fingerprint density at radius 1 is 1.26 bits per heavy atom. The molecule has 0 atom stereocenters. The number of ether oxygens (including phenoxy) is 2. The van der Waals surface area contributed by atoms with E-state index in [0.717, 1.165) is 16.5 Å². The Labute approximate surface area is 137 Å². The smallest absolute Gasteiger partial charge is 0.352 e. The molecule has 0 aliphatic heterocycles. The van der Waals surface area contributed by atoms with Crippen LogP contribution in [0.25, 0.3) is 10.9 Å². The number of carbonyl (C=O) groups is 1. The topological polar surface area (TPSA) is 60.7 Å². The average molecular weight is 321 g/mol. The molecule has 0 saturated carbocycles. The number of carboxylic acid groups (broad SMARTS) is 1. The molecule has 1 N–H and O–H groups in total. The Morgan fingerprint density at radius 3 is 2.39 bits per heavy atom. The van der Waals surface area contributed by atoms with E-state index in [0.29, 0.717) is 18.9 Å². The number of methoxy groups -OCH3 is 2. The fraction of sp³-hybridized carbons (Fsp3) is 0.500. The van der Waals surface area contributed by atoms with E-state index >= 15 is 0 Å². The molecule has 1 aromatic carbocycles. The van der Waals surface area contributed by atoms with Crippen molar-refractivity contribution in [2.45, 2.75) is 40.2 Å². The number of carboxylic acids is 1. The highest BCUT2D eigenvalue weighted by atomic mass is 16.5. The van der Waals surface area contributed by atoms with Gasteiger partial charge in [-0.15, -0.1) is 0 Å². The number of aromatic carboxylic acids is 1. The fourth-order valence-corrected chi connectivity index (χ4v) is 2.62. The summed E-state index contributed by atoms with van der Waals surface area (Å²) >= 11 is 0. The summed E-state index contributed by atoms with van der Waals surface area (Å²) in [5.41, 5.74) is 2.28. The number of hydrogen-bond acceptors (Lipinski definition) is 3. The zero-order chi connectivity index (χ0) is 17.6. The molecule has 0 bridgehead atoms. The number of fused-ring (bicyclic) bond motifs is 1. The Morgan fingerprint density at radius 2 is 1.91 bits per heavy atom. The van der Waals surface area contributed by atoms with Crippen molar-refractivity contribution in [3.63, 3.8) is 0 Å². The van der Waals surface area contributed by atoms with Crippen molar-refractivity contribution in [3.05, 3.63) is 29.5 Å². The molecule has 5 heteroatoms. The summed E-state index contributed by atoms with van der Waals surface area (Å²) in [6.45, 7) is 9.14. The number of rotatable bonds is 6. The van der Waals surface area contributed by atoms with Gasteiger partial charge in [0.1, 0.15) is 11.4 Å². The molecular weight excluding hydrogens is 294 g/mol. The van der Waals surface area contributed by atoms with Crippen molar-refractivity contribution in [1.82, 2.24) is 4.57 Å². The maximum atomic E-state index is 11.5. The van der Waals surface area contributed by atoms with Crippen LogP contribution in [0.3, 0.4) is 0 Å². The van der Waals surface area contributed by atoms with E-state index in [-0.39, 0.29) is 11.6 Å². The van der Waals surface area contributed by atoms with Crippen molar-refractivity contribution < 1.29 is 19.4 Å². The van der Waals surface area contributed by atoms with Gasteiger partial charge in [0.25, 0.3) is 0 Å². The molecule has 0 radical (unpaired) electrons. The van der Waals surface area contributed by atoms with Gasteiger partial charge < -0.3 is 19.1 Å². The molecule has 2 rings (SSSR count). The Kier molecular flexibility index (Phi) is 7.10. The van der Waals surface area contributed by atoms with Crippen molar-refractivity contribution in [2.24, 2.45) is 0 Å². The SMILES string of the molecule is CC.COCCn1c(C(=O)O)cc2c(OC)ccc(C(C)C)c21. The highest BCUT2D eigenvalue weighted by Crippen LogP contribution is 2.35. The van der Waals surface area contributed by atoms with Crippen molar-refractivity contribution in [2.75, 3.05) is 20.8 Å². The van der Waals surface area contributed by atoms with Gasteiger partial charge in [0, 0.05) is 19.0 Å². The van der Waals surface area contributed by atoms with Gasteiger partial charge in [-0.3, -0.25) is 0 Å². The van der Waals surface area contributed by atoms with Gasteiger partial charge in [-0.25, -0.2) is 4.79 Å². The average Bonchev–Trinajstić information content (AvgIpc) is 2.93. The molecule has 23 heavy (non-hydrogen) atoms. The van der Waals surface area contributed by atoms with Crippen LogP contribution >= 0.6 is 0 Å². The molecular formula is C18H27NO4. The van der Waals surface area contributed by atoms with Crippen LogP contribution in [0.4, 0.5) is 0 Å². The lowest BCUT2D eigenvalue weighted by Crippen LogP contribution is -2.12. The third-order valence-electron chi connectivity index (χ3n) is 3.63. The first-order valence-electron chi connectivity index (χ1n) is 7.93. The predicted molar refractivity (Wildman–Crippen MR) is 92.8 cm³/mol. The standard InChI is InChI=1S/C16H21NO4.C2H6/c1-10(2)11-5-6-14(21-4)12-9-13(16(18)19)17(15(11)12)7-8-20-3;1-2/h5-6,9-10H,7-8H2,1-4H3,(H,18,19);1-2H3. The van der Waals surface area contributed by atoms with Gasteiger partial charge in [-0.1, -0.05) is 33.8 Å². The molecule has 0 fully saturated rings. The van der Waals surface area contributed by atoms with Crippen LogP contribution in [-0.4, -0.2) is 36.5 Å². The molecule has 2 aromatic rings. The minimum atomic E-state index is -0.945. The Bertz CT molecular complexity index is 659. The third-order valence-corrected chi connectivity index (χ3v) is 3.63. The van der Waals surface area contributed by atoms with E-state index in [1.165, 1.54) is 0 Å². The van der Waals surface area contributed by atoms with Crippen molar-refractivity contribution >= 4 is 16.9 Å². The molecule has 5 nitrogen and oxygen atoms in total. The fourth-order valence-electron chi connectivity index (χ4n) is 2.62. The van der Waals surface area contributed by atoms with Gasteiger partial charge in [-0.05, 0) is 23.6 Å². The van der Waals surface area contributed by atoms with Crippen LogP contribution in [0.1, 0.15) is 49.7 Å². The largest absolute Gasteiger partial charge is 0.496 e. The summed E-state index contributed by atoms with van der Waals surface area (Å²) in [6.07, 6.45) is 0. The number of nitrogens with zero attached hydrogens (tertiary/aromatic N) is 1. The number of aromatic nitrogens is 1. The van der Waals surface area contributed by atoms with Gasteiger partial charge in [0.2, 0.25) is 0 Å². The van der Waals surface area contributed by atoms with Gasteiger partial charge in [-0.2, -0.15) is 0 Å². The summed E-state index contributed by atoms with van der Waals surface area (Å²) in [5.74, 6) is 0.0309. The Hall–Kier alpha value is -2.01. The summed E-state index contributed by atoms with van der Waals surface area (Å²) in [6, 6.07) is 5.57. The van der Waals surface area contributed by atoms with E-state index in [9.17, 15) is 9.90 Å². The number of benzene rings is 1. The van der Waals surface area contributed by atoms with E-state index in [2.05, 4.69) is 13.8 Å².